The van der Waals surface area contributed by atoms with Gasteiger partial charge in [-0.2, -0.15) is 0 Å². The van der Waals surface area contributed by atoms with Crippen LogP contribution < -0.4 is 5.73 Å². The summed E-state index contributed by atoms with van der Waals surface area (Å²) in [7, 11) is 0. The monoisotopic (exact) mass is 254 g/mol. The summed E-state index contributed by atoms with van der Waals surface area (Å²) in [5, 5.41) is 0. The molecule has 0 spiro atoms. The Morgan fingerprint density at radius 3 is 2.83 bits per heavy atom. The number of benzene rings is 1. The van der Waals surface area contributed by atoms with E-state index in [4.69, 9.17) is 5.73 Å². The molecule has 1 aliphatic rings. The maximum atomic E-state index is 13.8. The molecule has 1 aromatic carbocycles. The highest BCUT2D eigenvalue weighted by atomic mass is 19.1. The molecule has 4 heteroatoms. The molecular weight excluding hydrogens is 234 g/mol. The van der Waals surface area contributed by atoms with Crippen LogP contribution in [-0.4, -0.2) is 24.5 Å². The van der Waals surface area contributed by atoms with Crippen molar-refractivity contribution in [1.82, 2.24) is 4.90 Å². The molecule has 0 aromatic heterocycles. The quantitative estimate of drug-likeness (QED) is 0.898. The highest BCUT2D eigenvalue weighted by Crippen LogP contribution is 2.27. The van der Waals surface area contributed by atoms with Crippen molar-refractivity contribution in [3.63, 3.8) is 0 Å². The molecule has 0 bridgehead atoms. The second kappa shape index (κ2) is 5.76. The van der Waals surface area contributed by atoms with Crippen LogP contribution >= 0.6 is 0 Å². The van der Waals surface area contributed by atoms with Gasteiger partial charge >= 0.3 is 0 Å². The third-order valence-corrected chi connectivity index (χ3v) is 3.67. The van der Waals surface area contributed by atoms with E-state index in [1.54, 1.807) is 0 Å². The van der Waals surface area contributed by atoms with Gasteiger partial charge < -0.3 is 5.73 Å². The predicted octanol–water partition coefficient (Wildman–Crippen LogP) is 2.70. The predicted molar refractivity (Wildman–Crippen MR) is 68.1 cm³/mol. The SMILES string of the molecule is C[C@H]1CCCN([C@H](CN)c2ccc(F)cc2F)C1. The van der Waals surface area contributed by atoms with E-state index >= 15 is 0 Å². The average molecular weight is 254 g/mol. The Morgan fingerprint density at radius 2 is 2.22 bits per heavy atom. The number of likely N-dealkylation sites (tertiary alicyclic amines) is 1. The van der Waals surface area contributed by atoms with E-state index in [1.165, 1.54) is 18.6 Å². The second-order valence-corrected chi connectivity index (χ2v) is 5.16. The Morgan fingerprint density at radius 1 is 1.44 bits per heavy atom. The van der Waals surface area contributed by atoms with Crippen LogP contribution in [0, 0.1) is 17.6 Å². The summed E-state index contributed by atoms with van der Waals surface area (Å²) < 4.78 is 26.8. The molecule has 2 rings (SSSR count). The largest absolute Gasteiger partial charge is 0.329 e. The third kappa shape index (κ3) is 2.87. The Hall–Kier alpha value is -1.00. The first kappa shape index (κ1) is 13.4. The highest BCUT2D eigenvalue weighted by molar-refractivity contribution is 5.22. The zero-order valence-corrected chi connectivity index (χ0v) is 10.7. The molecule has 0 amide bonds. The summed E-state index contributed by atoms with van der Waals surface area (Å²) in [6.07, 6.45) is 2.32. The molecule has 100 valence electrons. The summed E-state index contributed by atoms with van der Waals surface area (Å²) in [5.74, 6) is -0.431. The van der Waals surface area contributed by atoms with Crippen LogP contribution in [0.4, 0.5) is 8.78 Å². The number of rotatable bonds is 3. The van der Waals surface area contributed by atoms with Crippen molar-refractivity contribution < 1.29 is 8.78 Å². The lowest BCUT2D eigenvalue weighted by atomic mass is 9.96. The van der Waals surface area contributed by atoms with Crippen molar-refractivity contribution in [3.8, 4) is 0 Å². The molecule has 0 unspecified atom stereocenters. The van der Waals surface area contributed by atoms with Crippen molar-refractivity contribution in [2.45, 2.75) is 25.8 Å². The molecule has 1 aliphatic heterocycles. The smallest absolute Gasteiger partial charge is 0.130 e. The molecule has 0 radical (unpaired) electrons. The summed E-state index contributed by atoms with van der Waals surface area (Å²) in [4.78, 5) is 2.21. The summed E-state index contributed by atoms with van der Waals surface area (Å²) in [5.41, 5.74) is 6.29. The van der Waals surface area contributed by atoms with Crippen molar-refractivity contribution >= 4 is 0 Å². The Labute approximate surface area is 107 Å². The fourth-order valence-corrected chi connectivity index (χ4v) is 2.75. The van der Waals surface area contributed by atoms with Crippen molar-refractivity contribution in [2.24, 2.45) is 11.7 Å². The number of hydrogen-bond donors (Lipinski definition) is 1. The molecular formula is C14H20F2N2. The van der Waals surface area contributed by atoms with Crippen LogP contribution in [0.5, 0.6) is 0 Å². The summed E-state index contributed by atoms with van der Waals surface area (Å²) >= 11 is 0. The maximum absolute atomic E-state index is 13.8. The normalized spacial score (nSPS) is 23.0. The molecule has 1 heterocycles. The minimum absolute atomic E-state index is 0.145. The Balaban J connectivity index is 2.21. The van der Waals surface area contributed by atoms with Crippen LogP contribution in [0.2, 0.25) is 0 Å². The van der Waals surface area contributed by atoms with E-state index in [9.17, 15) is 8.78 Å². The van der Waals surface area contributed by atoms with Gasteiger partial charge in [-0.25, -0.2) is 8.78 Å². The number of piperidine rings is 1. The van der Waals surface area contributed by atoms with E-state index in [1.807, 2.05) is 0 Å². The molecule has 0 saturated carbocycles. The zero-order chi connectivity index (χ0) is 13.1. The molecule has 18 heavy (non-hydrogen) atoms. The molecule has 2 nitrogen and oxygen atoms in total. The van der Waals surface area contributed by atoms with Gasteiger partial charge in [0.05, 0.1) is 0 Å². The first-order valence-corrected chi connectivity index (χ1v) is 6.51. The van der Waals surface area contributed by atoms with Crippen molar-refractivity contribution in [1.29, 1.82) is 0 Å². The number of nitrogens with two attached hydrogens (primary N) is 1. The van der Waals surface area contributed by atoms with Gasteiger partial charge in [-0.3, -0.25) is 4.90 Å². The van der Waals surface area contributed by atoms with Gasteiger partial charge in [-0.15, -0.1) is 0 Å². The van der Waals surface area contributed by atoms with Crippen LogP contribution in [0.3, 0.4) is 0 Å². The first-order chi connectivity index (χ1) is 8.61. The summed E-state index contributed by atoms with van der Waals surface area (Å²) in [6, 6.07) is 3.61. The van der Waals surface area contributed by atoms with Crippen LogP contribution in [0.1, 0.15) is 31.4 Å². The Kier molecular flexibility index (Phi) is 4.30. The van der Waals surface area contributed by atoms with Gasteiger partial charge in [0.1, 0.15) is 11.6 Å². The van der Waals surface area contributed by atoms with Gasteiger partial charge in [0.25, 0.3) is 0 Å². The summed E-state index contributed by atoms with van der Waals surface area (Å²) in [6.45, 7) is 4.41. The van der Waals surface area contributed by atoms with Crippen LogP contribution in [-0.2, 0) is 0 Å². The number of hydrogen-bond acceptors (Lipinski definition) is 2. The number of nitrogens with zero attached hydrogens (tertiary/aromatic N) is 1. The van der Waals surface area contributed by atoms with E-state index in [0.717, 1.165) is 25.6 Å². The van der Waals surface area contributed by atoms with Gasteiger partial charge in [0, 0.05) is 30.8 Å². The average Bonchev–Trinajstić information content (AvgIpc) is 2.33. The standard InChI is InChI=1S/C14H20F2N2/c1-10-3-2-6-18(9-10)14(8-17)12-5-4-11(15)7-13(12)16/h4-5,7,10,14H,2-3,6,8-9,17H2,1H3/t10-,14+/m0/s1. The van der Waals surface area contributed by atoms with E-state index in [-0.39, 0.29) is 6.04 Å². The van der Waals surface area contributed by atoms with Gasteiger partial charge in [0.15, 0.2) is 0 Å². The van der Waals surface area contributed by atoms with E-state index in [0.29, 0.717) is 18.0 Å². The van der Waals surface area contributed by atoms with E-state index in [2.05, 4.69) is 11.8 Å². The first-order valence-electron chi connectivity index (χ1n) is 6.51. The van der Waals surface area contributed by atoms with Gasteiger partial charge in [-0.05, 0) is 31.4 Å². The minimum Gasteiger partial charge on any atom is -0.329 e. The van der Waals surface area contributed by atoms with Crippen LogP contribution in [0.25, 0.3) is 0 Å². The Bertz CT molecular complexity index is 409. The fraction of sp³-hybridized carbons (Fsp3) is 0.571. The lowest BCUT2D eigenvalue weighted by Crippen LogP contribution is -2.40. The minimum atomic E-state index is -0.543. The maximum Gasteiger partial charge on any atom is 0.130 e. The van der Waals surface area contributed by atoms with E-state index < -0.39 is 11.6 Å². The highest BCUT2D eigenvalue weighted by Gasteiger charge is 2.26. The molecule has 2 N–H and O–H groups in total. The second-order valence-electron chi connectivity index (χ2n) is 5.16. The number of halogens is 2. The van der Waals surface area contributed by atoms with Crippen molar-refractivity contribution in [2.75, 3.05) is 19.6 Å². The van der Waals surface area contributed by atoms with Gasteiger partial charge in [0.2, 0.25) is 0 Å². The lowest BCUT2D eigenvalue weighted by molar-refractivity contribution is 0.131. The fourth-order valence-electron chi connectivity index (χ4n) is 2.75. The lowest BCUT2D eigenvalue weighted by Gasteiger charge is -2.37. The third-order valence-electron chi connectivity index (χ3n) is 3.67. The molecule has 0 aliphatic carbocycles. The zero-order valence-electron chi connectivity index (χ0n) is 10.7. The topological polar surface area (TPSA) is 29.3 Å². The molecule has 1 saturated heterocycles. The van der Waals surface area contributed by atoms with Gasteiger partial charge in [-0.1, -0.05) is 13.0 Å². The van der Waals surface area contributed by atoms with Crippen molar-refractivity contribution in [3.05, 3.63) is 35.4 Å². The van der Waals surface area contributed by atoms with Crippen LogP contribution in [0.15, 0.2) is 18.2 Å². The molecule has 1 fully saturated rings. The molecule has 2 atom stereocenters. The molecule has 1 aromatic rings.